The molecule has 3 aromatic rings. The second kappa shape index (κ2) is 9.34. The second-order valence-corrected chi connectivity index (χ2v) is 7.80. The van der Waals surface area contributed by atoms with Crippen LogP contribution in [0.15, 0.2) is 47.3 Å². The molecule has 2 aromatic heterocycles. The molecule has 0 radical (unpaired) electrons. The number of benzene rings is 1. The van der Waals surface area contributed by atoms with Gasteiger partial charge in [-0.1, -0.05) is 29.8 Å². The summed E-state index contributed by atoms with van der Waals surface area (Å²) in [5.41, 5.74) is 2.17. The van der Waals surface area contributed by atoms with E-state index in [1.54, 1.807) is 0 Å². The zero-order chi connectivity index (χ0) is 19.2. The van der Waals surface area contributed by atoms with Crippen LogP contribution in [0, 0.1) is 6.92 Å². The van der Waals surface area contributed by atoms with Gasteiger partial charge in [0.2, 0.25) is 0 Å². The van der Waals surface area contributed by atoms with Crippen LogP contribution in [-0.4, -0.2) is 31.2 Å². The topological polar surface area (TPSA) is 59.7 Å². The van der Waals surface area contributed by atoms with Crippen molar-refractivity contribution in [2.24, 2.45) is 0 Å². The van der Waals surface area contributed by atoms with Crippen molar-refractivity contribution in [2.75, 3.05) is 11.9 Å². The van der Waals surface area contributed by atoms with Crippen LogP contribution < -0.4 is 10.6 Å². The molecule has 2 heterocycles. The van der Waals surface area contributed by atoms with Crippen molar-refractivity contribution in [1.82, 2.24) is 24.9 Å². The van der Waals surface area contributed by atoms with E-state index in [0.29, 0.717) is 17.5 Å². The Morgan fingerprint density at radius 3 is 2.81 bits per heavy atom. The van der Waals surface area contributed by atoms with Crippen LogP contribution in [0.4, 0.5) is 5.82 Å². The first-order chi connectivity index (χ1) is 13.0. The molecule has 0 fully saturated rings. The standard InChI is InChI=1S/C18H20BrClN6S/c1-13-9-22-25(10-13)8-4-7-21-18(27)23-17-15(19)12-26(24-17)11-14-5-2-3-6-16(14)20/h2-3,5-6,9-10,12H,4,7-8,11H2,1H3,(H2,21,23,24,27). The van der Waals surface area contributed by atoms with Crippen LogP contribution in [0.3, 0.4) is 0 Å². The Morgan fingerprint density at radius 2 is 2.07 bits per heavy atom. The van der Waals surface area contributed by atoms with Gasteiger partial charge in [-0.2, -0.15) is 10.2 Å². The van der Waals surface area contributed by atoms with Crippen molar-refractivity contribution < 1.29 is 0 Å². The van der Waals surface area contributed by atoms with Crippen molar-refractivity contribution in [3.8, 4) is 0 Å². The summed E-state index contributed by atoms with van der Waals surface area (Å²) in [4.78, 5) is 0. The van der Waals surface area contributed by atoms with Crippen molar-refractivity contribution >= 4 is 50.7 Å². The Labute approximate surface area is 177 Å². The predicted octanol–water partition coefficient (Wildman–Crippen LogP) is 4.23. The fourth-order valence-corrected chi connectivity index (χ4v) is 3.36. The molecular formula is C18H20BrClN6S. The van der Waals surface area contributed by atoms with E-state index >= 15 is 0 Å². The molecule has 0 saturated carbocycles. The average Bonchev–Trinajstić information content (AvgIpc) is 3.19. The van der Waals surface area contributed by atoms with E-state index in [0.717, 1.165) is 40.1 Å². The molecule has 9 heteroatoms. The molecule has 6 nitrogen and oxygen atoms in total. The number of nitrogens with one attached hydrogen (secondary N) is 2. The molecule has 27 heavy (non-hydrogen) atoms. The minimum absolute atomic E-state index is 0.537. The van der Waals surface area contributed by atoms with E-state index in [1.165, 1.54) is 0 Å². The lowest BCUT2D eigenvalue weighted by atomic mass is 10.2. The summed E-state index contributed by atoms with van der Waals surface area (Å²) in [5.74, 6) is 0.669. The first-order valence-electron chi connectivity index (χ1n) is 8.51. The number of aromatic nitrogens is 4. The summed E-state index contributed by atoms with van der Waals surface area (Å²) in [6, 6.07) is 7.73. The number of halogens is 2. The molecule has 0 aliphatic heterocycles. The Balaban J connectivity index is 1.47. The number of aryl methyl sites for hydroxylation is 2. The van der Waals surface area contributed by atoms with Crippen molar-refractivity contribution in [3.63, 3.8) is 0 Å². The quantitative estimate of drug-likeness (QED) is 0.402. The number of anilines is 1. The number of hydrogen-bond acceptors (Lipinski definition) is 3. The van der Waals surface area contributed by atoms with E-state index in [9.17, 15) is 0 Å². The van der Waals surface area contributed by atoms with Crippen molar-refractivity contribution in [2.45, 2.75) is 26.4 Å². The molecule has 2 N–H and O–H groups in total. The maximum absolute atomic E-state index is 6.22. The lowest BCUT2D eigenvalue weighted by Crippen LogP contribution is -2.30. The van der Waals surface area contributed by atoms with Gasteiger partial charge in [-0.3, -0.25) is 9.36 Å². The van der Waals surface area contributed by atoms with Gasteiger partial charge in [0.25, 0.3) is 0 Å². The molecule has 0 aliphatic carbocycles. The zero-order valence-electron chi connectivity index (χ0n) is 14.8. The van der Waals surface area contributed by atoms with Crippen LogP contribution in [0.1, 0.15) is 17.5 Å². The van der Waals surface area contributed by atoms with Gasteiger partial charge in [0.15, 0.2) is 10.9 Å². The fraction of sp³-hybridized carbons (Fsp3) is 0.278. The SMILES string of the molecule is Cc1cnn(CCCNC(=S)Nc2nn(Cc3ccccc3Cl)cc2Br)c1. The highest BCUT2D eigenvalue weighted by Crippen LogP contribution is 2.22. The third-order valence-corrected chi connectivity index (χ3v) is 5.05. The molecule has 0 saturated heterocycles. The lowest BCUT2D eigenvalue weighted by molar-refractivity contribution is 0.573. The normalized spacial score (nSPS) is 10.8. The molecule has 142 valence electrons. The number of hydrogen-bond donors (Lipinski definition) is 2. The number of nitrogens with zero attached hydrogens (tertiary/aromatic N) is 4. The molecule has 3 rings (SSSR count). The second-order valence-electron chi connectivity index (χ2n) is 6.13. The van der Waals surface area contributed by atoms with Crippen LogP contribution in [-0.2, 0) is 13.1 Å². The van der Waals surface area contributed by atoms with Gasteiger partial charge in [-0.25, -0.2) is 0 Å². The molecule has 0 bridgehead atoms. The Hall–Kier alpha value is -1.90. The highest BCUT2D eigenvalue weighted by atomic mass is 79.9. The summed E-state index contributed by atoms with van der Waals surface area (Å²) in [6.07, 6.45) is 6.70. The van der Waals surface area contributed by atoms with Crippen molar-refractivity contribution in [3.05, 3.63) is 63.5 Å². The number of thiocarbonyl (C=S) groups is 1. The van der Waals surface area contributed by atoms with Gasteiger partial charge in [0, 0.05) is 30.5 Å². The minimum atomic E-state index is 0.537. The highest BCUT2D eigenvalue weighted by molar-refractivity contribution is 9.10. The zero-order valence-corrected chi connectivity index (χ0v) is 18.0. The molecule has 0 unspecified atom stereocenters. The van der Waals surface area contributed by atoms with E-state index in [1.807, 2.05) is 59.1 Å². The first-order valence-corrected chi connectivity index (χ1v) is 10.1. The third kappa shape index (κ3) is 5.79. The summed E-state index contributed by atoms with van der Waals surface area (Å²) >= 11 is 15.1. The predicted molar refractivity (Wildman–Crippen MR) is 116 cm³/mol. The largest absolute Gasteiger partial charge is 0.362 e. The Bertz CT molecular complexity index is 922. The van der Waals surface area contributed by atoms with Gasteiger partial charge in [-0.15, -0.1) is 0 Å². The molecule has 0 amide bonds. The van der Waals surface area contributed by atoms with E-state index in [4.69, 9.17) is 23.8 Å². The van der Waals surface area contributed by atoms with E-state index in [-0.39, 0.29) is 0 Å². The van der Waals surface area contributed by atoms with Crippen LogP contribution >= 0.6 is 39.7 Å². The molecule has 0 aliphatic rings. The van der Waals surface area contributed by atoms with Crippen LogP contribution in [0.25, 0.3) is 0 Å². The van der Waals surface area contributed by atoms with Gasteiger partial charge in [0.05, 0.1) is 17.2 Å². The van der Waals surface area contributed by atoms with Crippen LogP contribution in [0.5, 0.6) is 0 Å². The summed E-state index contributed by atoms with van der Waals surface area (Å²) in [7, 11) is 0. The Kier molecular flexibility index (Phi) is 6.87. The average molecular weight is 468 g/mol. The van der Waals surface area contributed by atoms with Gasteiger partial charge in [0.1, 0.15) is 0 Å². The third-order valence-electron chi connectivity index (χ3n) is 3.85. The molecule has 0 spiro atoms. The van der Waals surface area contributed by atoms with Crippen molar-refractivity contribution in [1.29, 1.82) is 0 Å². The maximum atomic E-state index is 6.22. The first kappa shape index (κ1) is 19.9. The van der Waals surface area contributed by atoms with Gasteiger partial charge < -0.3 is 10.6 Å². The number of rotatable bonds is 7. The lowest BCUT2D eigenvalue weighted by Gasteiger charge is -2.09. The fourth-order valence-electron chi connectivity index (χ4n) is 2.55. The Morgan fingerprint density at radius 1 is 1.26 bits per heavy atom. The summed E-state index contributed by atoms with van der Waals surface area (Å²) in [6.45, 7) is 4.22. The minimum Gasteiger partial charge on any atom is -0.362 e. The maximum Gasteiger partial charge on any atom is 0.172 e. The summed E-state index contributed by atoms with van der Waals surface area (Å²) in [5, 5.41) is 16.4. The highest BCUT2D eigenvalue weighted by Gasteiger charge is 2.09. The summed E-state index contributed by atoms with van der Waals surface area (Å²) < 4.78 is 4.59. The van der Waals surface area contributed by atoms with Gasteiger partial charge >= 0.3 is 0 Å². The van der Waals surface area contributed by atoms with Crippen LogP contribution in [0.2, 0.25) is 5.02 Å². The van der Waals surface area contributed by atoms with E-state index in [2.05, 4.69) is 36.8 Å². The molecule has 0 atom stereocenters. The monoisotopic (exact) mass is 466 g/mol. The smallest absolute Gasteiger partial charge is 0.172 e. The van der Waals surface area contributed by atoms with E-state index < -0.39 is 0 Å². The molecule has 1 aromatic carbocycles. The molecular weight excluding hydrogens is 448 g/mol. The van der Waals surface area contributed by atoms with Gasteiger partial charge in [-0.05, 0) is 58.7 Å².